The summed E-state index contributed by atoms with van der Waals surface area (Å²) < 4.78 is 7.70. The number of fused-ring (bicyclic) bond motifs is 2. The summed E-state index contributed by atoms with van der Waals surface area (Å²) in [7, 11) is 0. The maximum atomic E-state index is 12.8. The van der Waals surface area contributed by atoms with Crippen LogP contribution < -0.4 is 10.1 Å². The number of carbonyl (C=O) groups excluding carboxylic acids is 1. The molecule has 0 fully saturated rings. The topological polar surface area (TPSA) is 69.0 Å². The molecule has 1 aromatic heterocycles. The summed E-state index contributed by atoms with van der Waals surface area (Å²) in [6, 6.07) is 5.61. The predicted molar refractivity (Wildman–Crippen MR) is 89.0 cm³/mol. The Kier molecular flexibility index (Phi) is 3.92. The molecule has 2 atom stereocenters. The number of amides is 1. The van der Waals surface area contributed by atoms with Crippen LogP contribution in [-0.4, -0.2) is 27.3 Å². The first-order valence-corrected chi connectivity index (χ1v) is 8.61. The van der Waals surface area contributed by atoms with Gasteiger partial charge in [0.15, 0.2) is 0 Å². The second kappa shape index (κ2) is 6.09. The molecule has 126 valence electrons. The SMILES string of the molecule is Cc1nnc2n1CC(C(=O)NC1CCOc3c(Cl)cccc31)CC2. The number of nitrogens with one attached hydrogen (secondary N) is 1. The highest BCUT2D eigenvalue weighted by atomic mass is 35.5. The molecule has 4 rings (SSSR count). The van der Waals surface area contributed by atoms with Gasteiger partial charge in [-0.05, 0) is 19.4 Å². The Labute approximate surface area is 145 Å². The molecule has 0 aliphatic carbocycles. The number of ether oxygens (including phenoxy) is 1. The lowest BCUT2D eigenvalue weighted by molar-refractivity contribution is -0.126. The molecule has 1 N–H and O–H groups in total. The quantitative estimate of drug-likeness (QED) is 0.906. The molecule has 3 heterocycles. The molecular weight excluding hydrogens is 328 g/mol. The minimum absolute atomic E-state index is 0.0524. The second-order valence-corrected chi connectivity index (χ2v) is 6.77. The minimum atomic E-state index is -0.0577. The maximum Gasteiger partial charge on any atom is 0.225 e. The molecule has 7 heteroatoms. The predicted octanol–water partition coefficient (Wildman–Crippen LogP) is 2.44. The lowest BCUT2D eigenvalue weighted by Gasteiger charge is -2.30. The van der Waals surface area contributed by atoms with Gasteiger partial charge in [0.2, 0.25) is 5.91 Å². The Morgan fingerprint density at radius 1 is 1.38 bits per heavy atom. The normalized spacial score (nSPS) is 22.2. The molecule has 24 heavy (non-hydrogen) atoms. The fourth-order valence-electron chi connectivity index (χ4n) is 3.50. The highest BCUT2D eigenvalue weighted by Crippen LogP contribution is 2.37. The van der Waals surface area contributed by atoms with E-state index in [9.17, 15) is 4.79 Å². The van der Waals surface area contributed by atoms with Crippen LogP contribution in [0.1, 0.15) is 36.1 Å². The number of aryl methyl sites for hydroxylation is 2. The number of hydrogen-bond acceptors (Lipinski definition) is 4. The largest absolute Gasteiger partial charge is 0.492 e. The zero-order valence-corrected chi connectivity index (χ0v) is 14.2. The standard InChI is InChI=1S/C17H19ClN4O2/c1-10-20-21-15-6-5-11(9-22(10)15)17(23)19-14-7-8-24-16-12(14)3-2-4-13(16)18/h2-4,11,14H,5-9H2,1H3,(H,19,23). The lowest BCUT2D eigenvalue weighted by atomic mass is 9.95. The van der Waals surface area contributed by atoms with Gasteiger partial charge in [0.25, 0.3) is 0 Å². The Morgan fingerprint density at radius 3 is 3.12 bits per heavy atom. The highest BCUT2D eigenvalue weighted by molar-refractivity contribution is 6.32. The van der Waals surface area contributed by atoms with E-state index in [-0.39, 0.29) is 17.9 Å². The zero-order valence-electron chi connectivity index (χ0n) is 13.5. The number of rotatable bonds is 2. The van der Waals surface area contributed by atoms with E-state index in [1.54, 1.807) is 0 Å². The van der Waals surface area contributed by atoms with E-state index < -0.39 is 0 Å². The van der Waals surface area contributed by atoms with Gasteiger partial charge in [-0.1, -0.05) is 23.7 Å². The van der Waals surface area contributed by atoms with Crippen LogP contribution in [-0.2, 0) is 17.8 Å². The molecule has 1 aromatic carbocycles. The molecule has 2 aliphatic heterocycles. The van der Waals surface area contributed by atoms with Gasteiger partial charge in [0.05, 0.1) is 23.6 Å². The number of halogens is 1. The molecule has 2 unspecified atom stereocenters. The monoisotopic (exact) mass is 346 g/mol. The lowest BCUT2D eigenvalue weighted by Crippen LogP contribution is -2.39. The molecule has 0 saturated heterocycles. The van der Waals surface area contributed by atoms with Crippen LogP contribution in [0.25, 0.3) is 0 Å². The summed E-state index contributed by atoms with van der Waals surface area (Å²) in [4.78, 5) is 12.8. The van der Waals surface area contributed by atoms with Gasteiger partial charge in [-0.2, -0.15) is 0 Å². The minimum Gasteiger partial charge on any atom is -0.492 e. The zero-order chi connectivity index (χ0) is 16.7. The van der Waals surface area contributed by atoms with Gasteiger partial charge in [0, 0.05) is 24.9 Å². The van der Waals surface area contributed by atoms with Crippen molar-refractivity contribution in [3.63, 3.8) is 0 Å². The number of carbonyl (C=O) groups is 1. The van der Waals surface area contributed by atoms with Crippen molar-refractivity contribution >= 4 is 17.5 Å². The van der Waals surface area contributed by atoms with E-state index in [0.717, 1.165) is 36.5 Å². The number of benzene rings is 1. The molecule has 6 nitrogen and oxygen atoms in total. The summed E-state index contributed by atoms with van der Waals surface area (Å²) >= 11 is 6.20. The molecule has 2 aromatic rings. The molecule has 0 radical (unpaired) electrons. The molecule has 1 amide bonds. The van der Waals surface area contributed by atoms with E-state index >= 15 is 0 Å². The number of nitrogens with zero attached hydrogens (tertiary/aromatic N) is 3. The van der Waals surface area contributed by atoms with E-state index in [1.165, 1.54) is 0 Å². The Hall–Kier alpha value is -2.08. The van der Waals surface area contributed by atoms with Crippen molar-refractivity contribution in [1.29, 1.82) is 0 Å². The number of aromatic nitrogens is 3. The Balaban J connectivity index is 1.50. The van der Waals surface area contributed by atoms with Crippen molar-refractivity contribution in [2.75, 3.05) is 6.61 Å². The van der Waals surface area contributed by atoms with Crippen molar-refractivity contribution in [2.24, 2.45) is 5.92 Å². The first-order chi connectivity index (χ1) is 11.6. The van der Waals surface area contributed by atoms with Gasteiger partial charge in [-0.3, -0.25) is 4.79 Å². The van der Waals surface area contributed by atoms with Crippen molar-refractivity contribution in [2.45, 2.75) is 38.8 Å². The second-order valence-electron chi connectivity index (χ2n) is 6.37. The number of hydrogen-bond donors (Lipinski definition) is 1. The number of para-hydroxylation sites is 1. The van der Waals surface area contributed by atoms with Gasteiger partial charge < -0.3 is 14.6 Å². The van der Waals surface area contributed by atoms with Crippen LogP contribution >= 0.6 is 11.6 Å². The average molecular weight is 347 g/mol. The van der Waals surface area contributed by atoms with E-state index in [2.05, 4.69) is 15.5 Å². The molecule has 0 spiro atoms. The average Bonchev–Trinajstić information content (AvgIpc) is 2.96. The van der Waals surface area contributed by atoms with Crippen molar-refractivity contribution < 1.29 is 9.53 Å². The fourth-order valence-corrected chi connectivity index (χ4v) is 3.74. The van der Waals surface area contributed by atoms with Crippen LogP contribution in [0.4, 0.5) is 0 Å². The van der Waals surface area contributed by atoms with Gasteiger partial charge in [0.1, 0.15) is 17.4 Å². The summed E-state index contributed by atoms with van der Waals surface area (Å²) in [6.45, 7) is 3.13. The molecule has 0 bridgehead atoms. The van der Waals surface area contributed by atoms with Gasteiger partial charge in [-0.25, -0.2) is 0 Å². The van der Waals surface area contributed by atoms with Gasteiger partial charge >= 0.3 is 0 Å². The molecular formula is C17H19ClN4O2. The smallest absolute Gasteiger partial charge is 0.225 e. The third-order valence-electron chi connectivity index (χ3n) is 4.84. The van der Waals surface area contributed by atoms with Gasteiger partial charge in [-0.15, -0.1) is 10.2 Å². The third kappa shape index (κ3) is 2.65. The van der Waals surface area contributed by atoms with Crippen molar-refractivity contribution in [3.8, 4) is 5.75 Å². The highest BCUT2D eigenvalue weighted by Gasteiger charge is 2.30. The van der Waals surface area contributed by atoms with Crippen LogP contribution in [0.2, 0.25) is 5.02 Å². The first kappa shape index (κ1) is 15.4. The Bertz CT molecular complexity index is 789. The summed E-state index contributed by atoms with van der Waals surface area (Å²) in [5.41, 5.74) is 0.957. The molecule has 2 aliphatic rings. The molecule has 0 saturated carbocycles. The van der Waals surface area contributed by atoms with Crippen LogP contribution in [0.15, 0.2) is 18.2 Å². The Morgan fingerprint density at radius 2 is 2.25 bits per heavy atom. The van der Waals surface area contributed by atoms with E-state index in [0.29, 0.717) is 23.9 Å². The first-order valence-electron chi connectivity index (χ1n) is 8.23. The summed E-state index contributed by atoms with van der Waals surface area (Å²) in [5, 5.41) is 12.0. The maximum absolute atomic E-state index is 12.8. The van der Waals surface area contributed by atoms with Crippen molar-refractivity contribution in [3.05, 3.63) is 40.4 Å². The van der Waals surface area contributed by atoms with Crippen LogP contribution in [0.5, 0.6) is 5.75 Å². The summed E-state index contributed by atoms with van der Waals surface area (Å²) in [6.07, 6.45) is 2.34. The third-order valence-corrected chi connectivity index (χ3v) is 5.14. The van der Waals surface area contributed by atoms with Crippen LogP contribution in [0, 0.1) is 12.8 Å². The fraction of sp³-hybridized carbons (Fsp3) is 0.471. The van der Waals surface area contributed by atoms with Crippen molar-refractivity contribution in [1.82, 2.24) is 20.1 Å². The van der Waals surface area contributed by atoms with E-state index in [1.807, 2.05) is 29.7 Å². The summed E-state index contributed by atoms with van der Waals surface area (Å²) in [5.74, 6) is 2.55. The van der Waals surface area contributed by atoms with Crippen LogP contribution in [0.3, 0.4) is 0 Å². The van der Waals surface area contributed by atoms with E-state index in [4.69, 9.17) is 16.3 Å².